The Morgan fingerprint density at radius 1 is 1.14 bits per heavy atom. The van der Waals surface area contributed by atoms with Crippen molar-refractivity contribution in [3.05, 3.63) is 78.6 Å². The van der Waals surface area contributed by atoms with Crippen LogP contribution in [0.25, 0.3) is 5.69 Å². The maximum Gasteiger partial charge on any atom is 0.253 e. The second-order valence-corrected chi connectivity index (χ2v) is 5.00. The third-order valence-corrected chi connectivity index (χ3v) is 3.47. The van der Waals surface area contributed by atoms with Gasteiger partial charge in [0.05, 0.1) is 17.9 Å². The van der Waals surface area contributed by atoms with Gasteiger partial charge in [0.2, 0.25) is 0 Å². The van der Waals surface area contributed by atoms with E-state index in [0.29, 0.717) is 5.56 Å². The summed E-state index contributed by atoms with van der Waals surface area (Å²) in [4.78, 5) is 20.1. The van der Waals surface area contributed by atoms with Crippen molar-refractivity contribution < 1.29 is 4.79 Å². The van der Waals surface area contributed by atoms with Crippen molar-refractivity contribution in [1.29, 1.82) is 0 Å². The van der Waals surface area contributed by atoms with Crippen LogP contribution in [-0.4, -0.2) is 20.4 Å². The van der Waals surface area contributed by atoms with E-state index in [2.05, 4.69) is 15.3 Å². The predicted octanol–water partition coefficient (Wildman–Crippen LogP) is 2.76. The molecule has 0 saturated carbocycles. The summed E-state index contributed by atoms with van der Waals surface area (Å²) in [6.45, 7) is 1.96. The molecule has 0 fully saturated rings. The Hall–Kier alpha value is -2.95. The van der Waals surface area contributed by atoms with Crippen molar-refractivity contribution in [2.24, 2.45) is 0 Å². The van der Waals surface area contributed by atoms with Gasteiger partial charge in [-0.05, 0) is 36.8 Å². The average molecular weight is 292 g/mol. The fourth-order valence-electron chi connectivity index (χ4n) is 2.21. The molecule has 0 spiro atoms. The molecule has 0 saturated heterocycles. The normalized spacial score (nSPS) is 11.9. The monoisotopic (exact) mass is 292 g/mol. The zero-order chi connectivity index (χ0) is 15.4. The lowest BCUT2D eigenvalue weighted by molar-refractivity contribution is 0.0939. The first-order valence-electron chi connectivity index (χ1n) is 7.03. The van der Waals surface area contributed by atoms with Gasteiger partial charge in [0.25, 0.3) is 5.91 Å². The van der Waals surface area contributed by atoms with E-state index in [-0.39, 0.29) is 11.9 Å². The van der Waals surface area contributed by atoms with Gasteiger partial charge in [0.15, 0.2) is 0 Å². The molecule has 2 aromatic heterocycles. The highest BCUT2D eigenvalue weighted by Gasteiger charge is 2.11. The Morgan fingerprint density at radius 3 is 2.59 bits per heavy atom. The largest absolute Gasteiger partial charge is 0.345 e. The van der Waals surface area contributed by atoms with E-state index in [1.54, 1.807) is 37.1 Å². The fraction of sp³-hybridized carbons (Fsp3) is 0.118. The zero-order valence-corrected chi connectivity index (χ0v) is 12.2. The Labute approximate surface area is 128 Å². The predicted molar refractivity (Wildman–Crippen MR) is 83.7 cm³/mol. The number of rotatable bonds is 4. The number of hydrogen-bond acceptors (Lipinski definition) is 3. The molecule has 1 aromatic carbocycles. The van der Waals surface area contributed by atoms with Crippen LogP contribution in [-0.2, 0) is 0 Å². The number of nitrogens with one attached hydrogen (secondary N) is 1. The maximum absolute atomic E-state index is 12.1. The molecule has 5 nitrogen and oxygen atoms in total. The minimum atomic E-state index is -0.126. The number of aromatic nitrogens is 3. The van der Waals surface area contributed by atoms with Gasteiger partial charge >= 0.3 is 0 Å². The Morgan fingerprint density at radius 2 is 1.95 bits per heavy atom. The van der Waals surface area contributed by atoms with Gasteiger partial charge in [-0.15, -0.1) is 0 Å². The quantitative estimate of drug-likeness (QED) is 0.804. The number of carbonyl (C=O) groups excluding carboxylic acids is 1. The second kappa shape index (κ2) is 6.22. The summed E-state index contributed by atoms with van der Waals surface area (Å²) in [5.74, 6) is -0.126. The van der Waals surface area contributed by atoms with Gasteiger partial charge in [-0.1, -0.05) is 12.1 Å². The van der Waals surface area contributed by atoms with E-state index in [1.165, 1.54) is 0 Å². The van der Waals surface area contributed by atoms with Gasteiger partial charge < -0.3 is 9.88 Å². The van der Waals surface area contributed by atoms with Crippen molar-refractivity contribution in [3.8, 4) is 5.69 Å². The Kier molecular flexibility index (Phi) is 3.96. The lowest BCUT2D eigenvalue weighted by Crippen LogP contribution is -2.26. The summed E-state index contributed by atoms with van der Waals surface area (Å²) in [6, 6.07) is 11.4. The van der Waals surface area contributed by atoms with Crippen molar-refractivity contribution in [2.45, 2.75) is 13.0 Å². The van der Waals surface area contributed by atoms with Crippen molar-refractivity contribution in [1.82, 2.24) is 19.9 Å². The molecule has 3 aromatic rings. The summed E-state index contributed by atoms with van der Waals surface area (Å²) < 4.78 is 1.93. The number of amides is 1. The van der Waals surface area contributed by atoms with Crippen LogP contribution in [0, 0.1) is 0 Å². The number of pyridine rings is 1. The molecule has 0 aliphatic heterocycles. The Balaban J connectivity index is 1.70. The van der Waals surface area contributed by atoms with Crippen LogP contribution in [0.15, 0.2) is 67.5 Å². The van der Waals surface area contributed by atoms with Crippen molar-refractivity contribution in [3.63, 3.8) is 0 Å². The summed E-state index contributed by atoms with van der Waals surface area (Å²) in [7, 11) is 0. The molecular formula is C17H16N4O. The second-order valence-electron chi connectivity index (χ2n) is 5.00. The highest BCUT2D eigenvalue weighted by Crippen LogP contribution is 2.16. The van der Waals surface area contributed by atoms with E-state index in [4.69, 9.17) is 0 Å². The van der Waals surface area contributed by atoms with Gasteiger partial charge in [-0.2, -0.15) is 0 Å². The smallest absolute Gasteiger partial charge is 0.253 e. The molecule has 110 valence electrons. The first-order chi connectivity index (χ1) is 10.7. The number of imidazole rings is 1. The van der Waals surface area contributed by atoms with Gasteiger partial charge in [0.1, 0.15) is 0 Å². The van der Waals surface area contributed by atoms with Crippen LogP contribution in [0.1, 0.15) is 28.9 Å². The first-order valence-corrected chi connectivity index (χ1v) is 7.03. The first kappa shape index (κ1) is 14.0. The molecule has 0 radical (unpaired) electrons. The van der Waals surface area contributed by atoms with Crippen molar-refractivity contribution in [2.75, 3.05) is 0 Å². The van der Waals surface area contributed by atoms with E-state index >= 15 is 0 Å². The van der Waals surface area contributed by atoms with E-state index < -0.39 is 0 Å². The lowest BCUT2D eigenvalue weighted by atomic mass is 10.1. The molecule has 1 atom stereocenters. The molecule has 22 heavy (non-hydrogen) atoms. The van der Waals surface area contributed by atoms with Crippen LogP contribution in [0.2, 0.25) is 0 Å². The summed E-state index contributed by atoms with van der Waals surface area (Å²) in [5.41, 5.74) is 2.64. The van der Waals surface area contributed by atoms with E-state index in [0.717, 1.165) is 11.3 Å². The highest BCUT2D eigenvalue weighted by atomic mass is 16.1. The maximum atomic E-state index is 12.1. The summed E-state index contributed by atoms with van der Waals surface area (Å²) >= 11 is 0. The number of hydrogen-bond donors (Lipinski definition) is 1. The van der Waals surface area contributed by atoms with Crippen LogP contribution in [0.5, 0.6) is 0 Å². The molecular weight excluding hydrogens is 276 g/mol. The van der Waals surface area contributed by atoms with Crippen LogP contribution in [0.3, 0.4) is 0 Å². The molecule has 1 unspecified atom stereocenters. The van der Waals surface area contributed by atoms with Gasteiger partial charge in [-0.3, -0.25) is 9.78 Å². The Bertz CT molecular complexity index is 736. The third kappa shape index (κ3) is 3.03. The molecule has 0 aliphatic rings. The zero-order valence-electron chi connectivity index (χ0n) is 12.2. The number of benzene rings is 1. The fourth-order valence-corrected chi connectivity index (χ4v) is 2.21. The van der Waals surface area contributed by atoms with Crippen LogP contribution in [0.4, 0.5) is 0 Å². The van der Waals surface area contributed by atoms with Crippen LogP contribution >= 0.6 is 0 Å². The molecule has 1 amide bonds. The van der Waals surface area contributed by atoms with E-state index in [9.17, 15) is 4.79 Å². The molecule has 1 N–H and O–H groups in total. The summed E-state index contributed by atoms with van der Waals surface area (Å²) in [5, 5.41) is 2.97. The standard InChI is InChI=1S/C17H16N4O/c1-13(20-17(22)15-3-2-8-18-11-15)14-4-6-16(7-5-14)21-10-9-19-12-21/h2-13H,1H3,(H,20,22). The molecule has 0 bridgehead atoms. The molecule has 3 rings (SSSR count). The third-order valence-electron chi connectivity index (χ3n) is 3.47. The van der Waals surface area contributed by atoms with E-state index in [1.807, 2.05) is 42.0 Å². The minimum absolute atomic E-state index is 0.0791. The minimum Gasteiger partial charge on any atom is -0.345 e. The highest BCUT2D eigenvalue weighted by molar-refractivity contribution is 5.94. The number of nitrogens with zero attached hydrogens (tertiary/aromatic N) is 3. The average Bonchev–Trinajstić information content (AvgIpc) is 3.10. The molecule has 5 heteroatoms. The summed E-state index contributed by atoms with van der Waals surface area (Å²) in [6.07, 6.45) is 8.59. The lowest BCUT2D eigenvalue weighted by Gasteiger charge is -2.15. The molecule has 0 aliphatic carbocycles. The van der Waals surface area contributed by atoms with Crippen molar-refractivity contribution >= 4 is 5.91 Å². The molecule has 2 heterocycles. The van der Waals surface area contributed by atoms with Gasteiger partial charge in [-0.25, -0.2) is 4.98 Å². The SMILES string of the molecule is CC(NC(=O)c1cccnc1)c1ccc(-n2ccnc2)cc1. The van der Waals surface area contributed by atoms with Gasteiger partial charge in [0, 0.05) is 30.5 Å². The number of carbonyl (C=O) groups is 1. The topological polar surface area (TPSA) is 59.8 Å². The van der Waals surface area contributed by atoms with Crippen LogP contribution < -0.4 is 5.32 Å².